The third-order valence-corrected chi connectivity index (χ3v) is 1.51. The van der Waals surface area contributed by atoms with Crippen LogP contribution in [-0.4, -0.2) is 22.4 Å². The average Bonchev–Trinajstić information content (AvgIpc) is 1.79. The zero-order chi connectivity index (χ0) is 11.6. The van der Waals surface area contributed by atoms with Crippen LogP contribution < -0.4 is 5.32 Å². The van der Waals surface area contributed by atoms with E-state index in [2.05, 4.69) is 10.5 Å². The summed E-state index contributed by atoms with van der Waals surface area (Å²) >= 11 is 0. The second kappa shape index (κ2) is 3.98. The van der Waals surface area contributed by atoms with Gasteiger partial charge >= 0.3 is 0 Å². The molecule has 0 spiro atoms. The van der Waals surface area contributed by atoms with Crippen molar-refractivity contribution in [3.63, 3.8) is 0 Å². The molecule has 0 aromatic carbocycles. The van der Waals surface area contributed by atoms with E-state index >= 15 is 0 Å². The van der Waals surface area contributed by atoms with Crippen LogP contribution >= 0.6 is 0 Å². The first-order valence-electron chi connectivity index (χ1n) is 4.63. The fourth-order valence-corrected chi connectivity index (χ4v) is 0.936. The summed E-state index contributed by atoms with van der Waals surface area (Å²) in [6, 6.07) is 0. The summed E-state index contributed by atoms with van der Waals surface area (Å²) in [5.41, 5.74) is -0.630. The van der Waals surface area contributed by atoms with Crippen molar-refractivity contribution in [3.8, 4) is 0 Å². The van der Waals surface area contributed by atoms with Gasteiger partial charge in [-0.2, -0.15) is 0 Å². The van der Waals surface area contributed by atoms with E-state index in [9.17, 15) is 4.79 Å². The van der Waals surface area contributed by atoms with Gasteiger partial charge in [0.05, 0.1) is 0 Å². The highest BCUT2D eigenvalue weighted by atomic mass is 16.4. The monoisotopic (exact) mass is 200 g/mol. The topological polar surface area (TPSA) is 61.7 Å². The van der Waals surface area contributed by atoms with E-state index in [0.717, 1.165) is 0 Å². The number of hydrogen-bond donors (Lipinski definition) is 2. The predicted molar refractivity (Wildman–Crippen MR) is 56.6 cm³/mol. The highest BCUT2D eigenvalue weighted by Crippen LogP contribution is 2.16. The molecular formula is C10H20N2O2. The van der Waals surface area contributed by atoms with E-state index in [1.54, 1.807) is 0 Å². The van der Waals surface area contributed by atoms with E-state index in [1.807, 2.05) is 41.5 Å². The summed E-state index contributed by atoms with van der Waals surface area (Å²) in [5.74, 6) is -0.326. The Bertz CT molecular complexity index is 244. The van der Waals surface area contributed by atoms with E-state index in [1.165, 1.54) is 0 Å². The number of rotatable bonds is 1. The van der Waals surface area contributed by atoms with Gasteiger partial charge in [-0.1, -0.05) is 25.9 Å². The van der Waals surface area contributed by atoms with Gasteiger partial charge in [-0.05, 0) is 20.8 Å². The lowest BCUT2D eigenvalue weighted by atomic mass is 9.89. The predicted octanol–water partition coefficient (Wildman–Crippen LogP) is 1.78. The highest BCUT2D eigenvalue weighted by Gasteiger charge is 2.28. The minimum Gasteiger partial charge on any atom is -0.410 e. The molecule has 0 saturated heterocycles. The first-order valence-corrected chi connectivity index (χ1v) is 4.63. The molecule has 14 heavy (non-hydrogen) atoms. The van der Waals surface area contributed by atoms with E-state index in [0.29, 0.717) is 0 Å². The van der Waals surface area contributed by atoms with E-state index < -0.39 is 5.41 Å². The zero-order valence-electron chi connectivity index (χ0n) is 9.80. The molecule has 4 nitrogen and oxygen atoms in total. The Morgan fingerprint density at radius 2 is 1.57 bits per heavy atom. The standard InChI is InChI=1S/C10H20N2O2/c1-9(2,3)7(12-14)8(13)11-10(4,5)6/h14H,1-6H3,(H,11,13)/b12-7-. The summed E-state index contributed by atoms with van der Waals surface area (Å²) in [7, 11) is 0. The Morgan fingerprint density at radius 1 is 1.14 bits per heavy atom. The van der Waals surface area contributed by atoms with Crippen LogP contribution in [0.4, 0.5) is 0 Å². The van der Waals surface area contributed by atoms with Gasteiger partial charge in [-0.3, -0.25) is 4.79 Å². The van der Waals surface area contributed by atoms with Crippen molar-refractivity contribution in [3.05, 3.63) is 0 Å². The molecule has 0 radical (unpaired) electrons. The van der Waals surface area contributed by atoms with Gasteiger partial charge in [0.15, 0.2) is 0 Å². The van der Waals surface area contributed by atoms with Crippen molar-refractivity contribution >= 4 is 11.6 Å². The summed E-state index contributed by atoms with van der Waals surface area (Å²) in [4.78, 5) is 11.6. The Balaban J connectivity index is 4.69. The van der Waals surface area contributed by atoms with Gasteiger partial charge in [0.25, 0.3) is 5.91 Å². The first kappa shape index (κ1) is 12.9. The van der Waals surface area contributed by atoms with Gasteiger partial charge in [-0.25, -0.2) is 0 Å². The molecule has 0 heterocycles. The molecule has 82 valence electrons. The maximum Gasteiger partial charge on any atom is 0.270 e. The zero-order valence-corrected chi connectivity index (χ0v) is 9.80. The molecule has 4 heteroatoms. The lowest BCUT2D eigenvalue weighted by Crippen LogP contribution is -2.47. The third-order valence-electron chi connectivity index (χ3n) is 1.51. The van der Waals surface area contributed by atoms with Crippen molar-refractivity contribution in [2.24, 2.45) is 10.6 Å². The van der Waals surface area contributed by atoms with Gasteiger partial charge in [0.2, 0.25) is 0 Å². The van der Waals surface area contributed by atoms with Crippen LogP contribution in [0.2, 0.25) is 0 Å². The Kier molecular flexibility index (Phi) is 3.68. The molecular weight excluding hydrogens is 180 g/mol. The van der Waals surface area contributed by atoms with E-state index in [-0.39, 0.29) is 17.2 Å². The van der Waals surface area contributed by atoms with Crippen molar-refractivity contribution < 1.29 is 10.0 Å². The van der Waals surface area contributed by atoms with Gasteiger partial charge in [0, 0.05) is 11.0 Å². The molecule has 0 unspecified atom stereocenters. The molecule has 0 aliphatic rings. The minimum atomic E-state index is -0.454. The minimum absolute atomic E-state index is 0.146. The van der Waals surface area contributed by atoms with Crippen LogP contribution in [0.25, 0.3) is 0 Å². The molecule has 0 aromatic heterocycles. The van der Waals surface area contributed by atoms with Crippen LogP contribution in [0.1, 0.15) is 41.5 Å². The summed E-state index contributed by atoms with van der Waals surface area (Å²) in [5, 5.41) is 14.6. The van der Waals surface area contributed by atoms with Crippen LogP contribution in [0.5, 0.6) is 0 Å². The SMILES string of the molecule is CC(C)(C)NC(=O)/C(=N/O)C(C)(C)C. The fraction of sp³-hybridized carbons (Fsp3) is 0.800. The lowest BCUT2D eigenvalue weighted by molar-refractivity contribution is -0.116. The molecule has 2 N–H and O–H groups in total. The van der Waals surface area contributed by atoms with Gasteiger partial charge in [-0.15, -0.1) is 0 Å². The molecule has 0 aliphatic heterocycles. The van der Waals surface area contributed by atoms with Crippen molar-refractivity contribution in [2.45, 2.75) is 47.1 Å². The fourth-order valence-electron chi connectivity index (χ4n) is 0.936. The average molecular weight is 200 g/mol. The maximum atomic E-state index is 11.6. The highest BCUT2D eigenvalue weighted by molar-refractivity contribution is 6.40. The Hall–Kier alpha value is -1.06. The number of oxime groups is 1. The number of carbonyl (C=O) groups excluding carboxylic acids is 1. The Labute approximate surface area is 85.4 Å². The first-order chi connectivity index (χ1) is 6.08. The molecule has 0 fully saturated rings. The second-order valence-corrected chi connectivity index (χ2v) is 5.40. The largest absolute Gasteiger partial charge is 0.410 e. The molecule has 0 bridgehead atoms. The van der Waals surface area contributed by atoms with Crippen molar-refractivity contribution in [2.75, 3.05) is 0 Å². The number of amides is 1. The van der Waals surface area contributed by atoms with E-state index in [4.69, 9.17) is 5.21 Å². The molecule has 0 aliphatic carbocycles. The number of carbonyl (C=O) groups is 1. The molecule has 0 saturated carbocycles. The molecule has 0 rings (SSSR count). The quantitative estimate of drug-likeness (QED) is 0.385. The maximum absolute atomic E-state index is 11.6. The molecule has 0 atom stereocenters. The van der Waals surface area contributed by atoms with Crippen molar-refractivity contribution in [1.82, 2.24) is 5.32 Å². The number of hydrogen-bond acceptors (Lipinski definition) is 3. The lowest BCUT2D eigenvalue weighted by Gasteiger charge is -2.25. The molecule has 1 amide bonds. The summed E-state index contributed by atoms with van der Waals surface area (Å²) in [6.45, 7) is 11.1. The number of nitrogens with zero attached hydrogens (tertiary/aromatic N) is 1. The van der Waals surface area contributed by atoms with Crippen LogP contribution in [-0.2, 0) is 4.79 Å². The van der Waals surface area contributed by atoms with Crippen LogP contribution in [0, 0.1) is 5.41 Å². The summed E-state index contributed by atoms with van der Waals surface area (Å²) < 4.78 is 0. The van der Waals surface area contributed by atoms with Crippen LogP contribution in [0.15, 0.2) is 5.16 Å². The van der Waals surface area contributed by atoms with Crippen LogP contribution in [0.3, 0.4) is 0 Å². The summed E-state index contributed by atoms with van der Waals surface area (Å²) in [6.07, 6.45) is 0. The normalized spacial score (nSPS) is 14.0. The Morgan fingerprint density at radius 3 is 1.79 bits per heavy atom. The number of nitrogens with one attached hydrogen (secondary N) is 1. The van der Waals surface area contributed by atoms with Gasteiger partial charge in [0.1, 0.15) is 5.71 Å². The molecule has 0 aromatic rings. The second-order valence-electron chi connectivity index (χ2n) is 5.40. The van der Waals surface area contributed by atoms with Gasteiger partial charge < -0.3 is 10.5 Å². The third kappa shape index (κ3) is 4.25. The smallest absolute Gasteiger partial charge is 0.270 e. The van der Waals surface area contributed by atoms with Crippen molar-refractivity contribution in [1.29, 1.82) is 0 Å².